The van der Waals surface area contributed by atoms with Crippen molar-refractivity contribution < 1.29 is 9.53 Å². The van der Waals surface area contributed by atoms with E-state index in [1.807, 2.05) is 19.1 Å². The molecule has 0 fully saturated rings. The molecule has 1 heterocycles. The van der Waals surface area contributed by atoms with E-state index >= 15 is 0 Å². The van der Waals surface area contributed by atoms with E-state index in [0.29, 0.717) is 17.2 Å². The number of esters is 1. The Labute approximate surface area is 124 Å². The second kappa shape index (κ2) is 5.40. The summed E-state index contributed by atoms with van der Waals surface area (Å²) >= 11 is 8.50. The summed E-state index contributed by atoms with van der Waals surface area (Å²) in [4.78, 5) is 16.0. The third-order valence-corrected chi connectivity index (χ3v) is 4.23. The highest BCUT2D eigenvalue weighted by Crippen LogP contribution is 2.29. The Hall–Kier alpha value is -0.880. The van der Waals surface area contributed by atoms with Gasteiger partial charge in [-0.3, -0.25) is 4.98 Å². The van der Waals surface area contributed by atoms with Gasteiger partial charge in [0.2, 0.25) is 0 Å². The zero-order valence-corrected chi connectivity index (χ0v) is 12.9. The average molecular weight is 376 g/mol. The van der Waals surface area contributed by atoms with Gasteiger partial charge in [0.25, 0.3) is 0 Å². The van der Waals surface area contributed by atoms with E-state index in [2.05, 4.69) is 27.6 Å². The minimum atomic E-state index is -0.437. The fraction of sp³-hybridized carbons (Fsp3) is 0.231. The fourth-order valence-electron chi connectivity index (χ4n) is 1.70. The monoisotopic (exact) mass is 375 g/mol. The smallest absolute Gasteiger partial charge is 0.341 e. The molecule has 3 nitrogen and oxygen atoms in total. The Morgan fingerprint density at radius 2 is 2.22 bits per heavy atom. The molecule has 0 aliphatic heterocycles. The molecule has 0 spiro atoms. The normalized spacial score (nSPS) is 10.7. The van der Waals surface area contributed by atoms with Crippen molar-refractivity contribution in [1.29, 1.82) is 0 Å². The maximum Gasteiger partial charge on any atom is 0.341 e. The summed E-state index contributed by atoms with van der Waals surface area (Å²) in [6.07, 6.45) is 1.48. The second-order valence-electron chi connectivity index (χ2n) is 3.77. The van der Waals surface area contributed by atoms with Crippen LogP contribution in [-0.2, 0) is 4.74 Å². The average Bonchev–Trinajstić information content (AvgIpc) is 2.34. The van der Waals surface area contributed by atoms with E-state index in [4.69, 9.17) is 16.3 Å². The van der Waals surface area contributed by atoms with Crippen molar-refractivity contribution in [2.75, 3.05) is 6.61 Å². The van der Waals surface area contributed by atoms with Crippen molar-refractivity contribution in [3.8, 4) is 0 Å². The molecule has 1 aromatic carbocycles. The van der Waals surface area contributed by atoms with Crippen LogP contribution in [-0.4, -0.2) is 17.6 Å². The van der Waals surface area contributed by atoms with Crippen molar-refractivity contribution in [2.24, 2.45) is 0 Å². The van der Waals surface area contributed by atoms with Crippen molar-refractivity contribution in [1.82, 2.24) is 4.98 Å². The number of fused-ring (bicyclic) bond motifs is 1. The predicted octanol–water partition coefficient (Wildman–Crippen LogP) is 3.98. The molecule has 0 bridgehead atoms. The quantitative estimate of drug-likeness (QED) is 0.589. The number of aromatic nitrogens is 1. The van der Waals surface area contributed by atoms with Gasteiger partial charge < -0.3 is 4.74 Å². The van der Waals surface area contributed by atoms with Crippen LogP contribution in [0.3, 0.4) is 0 Å². The lowest BCUT2D eigenvalue weighted by Gasteiger charge is -2.09. The first-order valence-electron chi connectivity index (χ1n) is 5.46. The summed E-state index contributed by atoms with van der Waals surface area (Å²) in [5.74, 6) is -0.437. The number of ether oxygens (including phenoxy) is 1. The van der Waals surface area contributed by atoms with Gasteiger partial charge in [-0.05, 0) is 48.1 Å². The summed E-state index contributed by atoms with van der Waals surface area (Å²) in [7, 11) is 0. The Bertz CT molecular complexity index is 628. The standard InChI is InChI=1S/C13H11ClINO2/c1-3-18-13(17)9-6-16-12-7(2)10(15)5-4-8(12)11(9)14/h4-6H,3H2,1-2H3. The molecule has 0 radical (unpaired) electrons. The van der Waals surface area contributed by atoms with E-state index < -0.39 is 5.97 Å². The molecule has 1 aromatic heterocycles. The van der Waals surface area contributed by atoms with Gasteiger partial charge in [-0.1, -0.05) is 17.7 Å². The Morgan fingerprint density at radius 3 is 2.89 bits per heavy atom. The van der Waals surface area contributed by atoms with Crippen LogP contribution in [0.5, 0.6) is 0 Å². The van der Waals surface area contributed by atoms with E-state index in [1.54, 1.807) is 6.92 Å². The molecule has 94 valence electrons. The second-order valence-corrected chi connectivity index (χ2v) is 5.32. The van der Waals surface area contributed by atoms with Crippen LogP contribution in [0, 0.1) is 10.5 Å². The highest BCUT2D eigenvalue weighted by molar-refractivity contribution is 14.1. The van der Waals surface area contributed by atoms with Gasteiger partial charge in [0.15, 0.2) is 0 Å². The van der Waals surface area contributed by atoms with Gasteiger partial charge in [-0.15, -0.1) is 0 Å². The number of hydrogen-bond donors (Lipinski definition) is 0. The van der Waals surface area contributed by atoms with Gasteiger partial charge in [0.1, 0.15) is 0 Å². The van der Waals surface area contributed by atoms with Crippen LogP contribution in [0.15, 0.2) is 18.3 Å². The van der Waals surface area contributed by atoms with E-state index in [0.717, 1.165) is 20.0 Å². The number of hydrogen-bond acceptors (Lipinski definition) is 3. The third kappa shape index (κ3) is 2.31. The fourth-order valence-corrected chi connectivity index (χ4v) is 2.41. The summed E-state index contributed by atoms with van der Waals surface area (Å²) in [6.45, 7) is 4.06. The lowest BCUT2D eigenvalue weighted by Crippen LogP contribution is -2.06. The maximum atomic E-state index is 11.7. The molecule has 0 unspecified atom stereocenters. The SMILES string of the molecule is CCOC(=O)c1cnc2c(C)c(I)ccc2c1Cl. The number of carbonyl (C=O) groups excluding carboxylic acids is 1. The zero-order valence-electron chi connectivity index (χ0n) is 9.96. The summed E-state index contributed by atoms with van der Waals surface area (Å²) in [5, 5.41) is 1.18. The molecule has 0 N–H and O–H groups in total. The molecule has 0 aliphatic rings. The Kier molecular flexibility index (Phi) is 4.07. The van der Waals surface area contributed by atoms with Crippen LogP contribution in [0.4, 0.5) is 0 Å². The largest absolute Gasteiger partial charge is 0.462 e. The molecule has 5 heteroatoms. The van der Waals surface area contributed by atoms with Gasteiger partial charge in [-0.25, -0.2) is 4.79 Å². The third-order valence-electron chi connectivity index (χ3n) is 2.66. The summed E-state index contributed by atoms with van der Waals surface area (Å²) in [6, 6.07) is 3.84. The number of nitrogens with zero attached hydrogens (tertiary/aromatic N) is 1. The molecule has 0 saturated carbocycles. The molecule has 0 amide bonds. The van der Waals surface area contributed by atoms with Crippen LogP contribution in [0.25, 0.3) is 10.9 Å². The first kappa shape index (κ1) is 13.5. The van der Waals surface area contributed by atoms with Crippen molar-refractivity contribution >= 4 is 51.1 Å². The van der Waals surface area contributed by atoms with Crippen LogP contribution in [0.1, 0.15) is 22.8 Å². The Morgan fingerprint density at radius 1 is 1.50 bits per heavy atom. The van der Waals surface area contributed by atoms with E-state index in [-0.39, 0.29) is 0 Å². The highest BCUT2D eigenvalue weighted by Gasteiger charge is 2.16. The van der Waals surface area contributed by atoms with Gasteiger partial charge in [-0.2, -0.15) is 0 Å². The zero-order chi connectivity index (χ0) is 13.3. The first-order valence-corrected chi connectivity index (χ1v) is 6.92. The van der Waals surface area contributed by atoms with Crippen molar-refractivity contribution in [3.05, 3.63) is 38.0 Å². The lowest BCUT2D eigenvalue weighted by molar-refractivity contribution is 0.0526. The minimum absolute atomic E-state index is 0.312. The molecule has 2 aromatic rings. The molecule has 18 heavy (non-hydrogen) atoms. The predicted molar refractivity (Wildman–Crippen MR) is 80.2 cm³/mol. The number of aryl methyl sites for hydroxylation is 1. The maximum absolute atomic E-state index is 11.7. The minimum Gasteiger partial charge on any atom is -0.462 e. The number of pyridine rings is 1. The molecule has 0 aliphatic carbocycles. The van der Waals surface area contributed by atoms with E-state index in [1.165, 1.54) is 6.20 Å². The van der Waals surface area contributed by atoms with Gasteiger partial charge in [0.05, 0.1) is 22.7 Å². The van der Waals surface area contributed by atoms with Gasteiger partial charge >= 0.3 is 5.97 Å². The molecular weight excluding hydrogens is 365 g/mol. The van der Waals surface area contributed by atoms with Gasteiger partial charge in [0, 0.05) is 15.2 Å². The number of benzene rings is 1. The van der Waals surface area contributed by atoms with Crippen molar-refractivity contribution in [3.63, 3.8) is 0 Å². The summed E-state index contributed by atoms with van der Waals surface area (Å²) < 4.78 is 6.06. The molecule has 2 rings (SSSR count). The highest BCUT2D eigenvalue weighted by atomic mass is 127. The topological polar surface area (TPSA) is 39.2 Å². The lowest BCUT2D eigenvalue weighted by atomic mass is 10.1. The van der Waals surface area contributed by atoms with Crippen LogP contribution in [0.2, 0.25) is 5.02 Å². The number of halogens is 2. The van der Waals surface area contributed by atoms with Crippen LogP contribution < -0.4 is 0 Å². The first-order chi connectivity index (χ1) is 8.56. The van der Waals surface area contributed by atoms with E-state index in [9.17, 15) is 4.79 Å². The summed E-state index contributed by atoms with van der Waals surface area (Å²) in [5.41, 5.74) is 2.19. The number of rotatable bonds is 2. The van der Waals surface area contributed by atoms with Crippen LogP contribution >= 0.6 is 34.2 Å². The Balaban J connectivity index is 2.65. The number of carbonyl (C=O) groups is 1. The molecule has 0 saturated heterocycles. The molecular formula is C13H11ClINO2. The van der Waals surface area contributed by atoms with Crippen molar-refractivity contribution in [2.45, 2.75) is 13.8 Å². The molecule has 0 atom stereocenters.